The third-order valence-corrected chi connectivity index (χ3v) is 5.56. The van der Waals surface area contributed by atoms with Crippen LogP contribution in [0.3, 0.4) is 0 Å². The minimum absolute atomic E-state index is 0.201. The number of aliphatic hydroxyl groups is 1. The van der Waals surface area contributed by atoms with Crippen molar-refractivity contribution in [1.29, 1.82) is 0 Å². The van der Waals surface area contributed by atoms with E-state index in [0.29, 0.717) is 12.6 Å². The number of aromatic nitrogens is 1. The third kappa shape index (κ3) is 4.27. The van der Waals surface area contributed by atoms with Gasteiger partial charge in [-0.3, -0.25) is 4.90 Å². The lowest BCUT2D eigenvalue weighted by Crippen LogP contribution is -2.21. The molecule has 26 heavy (non-hydrogen) atoms. The molecule has 140 valence electrons. The van der Waals surface area contributed by atoms with Crippen LogP contribution in [0, 0.1) is 12.8 Å². The lowest BCUT2D eigenvalue weighted by Gasteiger charge is -2.17. The fourth-order valence-corrected chi connectivity index (χ4v) is 4.17. The van der Waals surface area contributed by atoms with Crippen molar-refractivity contribution in [1.82, 2.24) is 10.1 Å². The second-order valence-corrected chi connectivity index (χ2v) is 7.83. The summed E-state index contributed by atoms with van der Waals surface area (Å²) in [5, 5.41) is 14.3. The molecule has 2 fully saturated rings. The smallest absolute Gasteiger partial charge is 0.137 e. The van der Waals surface area contributed by atoms with Crippen molar-refractivity contribution in [3.8, 4) is 5.75 Å². The molecule has 2 heterocycles. The van der Waals surface area contributed by atoms with Crippen LogP contribution in [0.2, 0.25) is 0 Å². The van der Waals surface area contributed by atoms with Gasteiger partial charge in [-0.25, -0.2) is 0 Å². The van der Waals surface area contributed by atoms with Crippen LogP contribution < -0.4 is 4.74 Å². The molecule has 1 aromatic carbocycles. The molecule has 1 saturated heterocycles. The normalized spacial score (nSPS) is 24.4. The fraction of sp³-hybridized carbons (Fsp3) is 0.571. The highest BCUT2D eigenvalue weighted by atomic mass is 16.5. The monoisotopic (exact) mass is 356 g/mol. The van der Waals surface area contributed by atoms with Crippen molar-refractivity contribution in [2.75, 3.05) is 13.1 Å². The first kappa shape index (κ1) is 17.6. The van der Waals surface area contributed by atoms with E-state index in [1.54, 1.807) is 0 Å². The summed E-state index contributed by atoms with van der Waals surface area (Å²) in [4.78, 5) is 2.31. The van der Waals surface area contributed by atoms with Gasteiger partial charge in [-0.15, -0.1) is 0 Å². The summed E-state index contributed by atoms with van der Waals surface area (Å²) < 4.78 is 11.3. The van der Waals surface area contributed by atoms with Crippen LogP contribution in [-0.2, 0) is 13.0 Å². The van der Waals surface area contributed by atoms with Crippen molar-refractivity contribution < 1.29 is 14.4 Å². The molecule has 2 atom stereocenters. The number of benzene rings is 1. The SMILES string of the molecule is Cc1cc(C[C@@H]2CN(Cc3ccc(OC4CCCC4)cc3)C[C@@H]2O)on1. The van der Waals surface area contributed by atoms with Crippen LogP contribution in [0.5, 0.6) is 5.75 Å². The number of aryl methyl sites for hydroxylation is 1. The van der Waals surface area contributed by atoms with Gasteiger partial charge in [0.2, 0.25) is 0 Å². The predicted molar refractivity (Wildman–Crippen MR) is 99.0 cm³/mol. The predicted octanol–water partition coefficient (Wildman–Crippen LogP) is 3.34. The highest BCUT2D eigenvalue weighted by Crippen LogP contribution is 2.26. The summed E-state index contributed by atoms with van der Waals surface area (Å²) in [6.07, 6.45) is 5.76. The summed E-state index contributed by atoms with van der Waals surface area (Å²) in [5.41, 5.74) is 2.15. The van der Waals surface area contributed by atoms with Crippen LogP contribution >= 0.6 is 0 Å². The van der Waals surface area contributed by atoms with Gasteiger partial charge in [-0.1, -0.05) is 17.3 Å². The zero-order chi connectivity index (χ0) is 17.9. The molecule has 1 aromatic heterocycles. The maximum absolute atomic E-state index is 10.4. The Morgan fingerprint density at radius 1 is 1.19 bits per heavy atom. The first-order valence-corrected chi connectivity index (χ1v) is 9.74. The maximum Gasteiger partial charge on any atom is 0.137 e. The molecule has 0 amide bonds. The van der Waals surface area contributed by atoms with E-state index in [1.807, 2.05) is 13.0 Å². The zero-order valence-electron chi connectivity index (χ0n) is 15.4. The molecule has 2 aliphatic rings. The average molecular weight is 356 g/mol. The maximum atomic E-state index is 10.4. The number of hydrogen-bond acceptors (Lipinski definition) is 5. The van der Waals surface area contributed by atoms with Gasteiger partial charge in [-0.05, 0) is 50.3 Å². The first-order valence-electron chi connectivity index (χ1n) is 9.74. The minimum atomic E-state index is -0.314. The molecule has 0 radical (unpaired) electrons. The molecule has 0 unspecified atom stereocenters. The van der Waals surface area contributed by atoms with Crippen LogP contribution in [0.15, 0.2) is 34.9 Å². The standard InChI is InChI=1S/C21H28N2O3/c1-15-10-20(26-22-15)11-17-13-23(14-21(17)24)12-16-6-8-19(9-7-16)25-18-4-2-3-5-18/h6-10,17-18,21,24H,2-5,11-14H2,1H3/t17-,21+/m1/s1. The van der Waals surface area contributed by atoms with E-state index in [9.17, 15) is 5.11 Å². The number of β-amino-alcohol motifs (C(OH)–C–C–N with tert-alkyl or cyclic N) is 1. The number of ether oxygens (including phenoxy) is 1. The largest absolute Gasteiger partial charge is 0.490 e. The summed E-state index contributed by atoms with van der Waals surface area (Å²) >= 11 is 0. The molecule has 0 spiro atoms. The Morgan fingerprint density at radius 2 is 1.96 bits per heavy atom. The van der Waals surface area contributed by atoms with E-state index in [2.05, 4.69) is 34.3 Å². The van der Waals surface area contributed by atoms with Crippen LogP contribution in [0.1, 0.15) is 42.7 Å². The van der Waals surface area contributed by atoms with Gasteiger partial charge in [0, 0.05) is 38.0 Å². The van der Waals surface area contributed by atoms with Gasteiger partial charge in [0.05, 0.1) is 17.9 Å². The Labute approximate surface area is 154 Å². The molecule has 0 bridgehead atoms. The van der Waals surface area contributed by atoms with Gasteiger partial charge in [0.15, 0.2) is 0 Å². The van der Waals surface area contributed by atoms with E-state index in [0.717, 1.165) is 36.7 Å². The van der Waals surface area contributed by atoms with Gasteiger partial charge in [-0.2, -0.15) is 0 Å². The van der Waals surface area contributed by atoms with Crippen molar-refractivity contribution >= 4 is 0 Å². The van der Waals surface area contributed by atoms with Gasteiger partial charge >= 0.3 is 0 Å². The van der Waals surface area contributed by atoms with Crippen molar-refractivity contribution in [2.24, 2.45) is 5.92 Å². The molecule has 4 rings (SSSR count). The summed E-state index contributed by atoms with van der Waals surface area (Å²) in [7, 11) is 0. The fourth-order valence-electron chi connectivity index (χ4n) is 4.17. The minimum Gasteiger partial charge on any atom is -0.490 e. The van der Waals surface area contributed by atoms with E-state index >= 15 is 0 Å². The lowest BCUT2D eigenvalue weighted by molar-refractivity contribution is 0.137. The second-order valence-electron chi connectivity index (χ2n) is 7.83. The number of hydrogen-bond donors (Lipinski definition) is 1. The summed E-state index contributed by atoms with van der Waals surface area (Å²) in [5.74, 6) is 2.04. The number of nitrogens with zero attached hydrogens (tertiary/aromatic N) is 2. The lowest BCUT2D eigenvalue weighted by atomic mass is 10.0. The molecule has 2 aromatic rings. The molecule has 5 nitrogen and oxygen atoms in total. The second kappa shape index (κ2) is 7.80. The molecular weight excluding hydrogens is 328 g/mol. The van der Waals surface area contributed by atoms with Gasteiger partial charge in [0.25, 0.3) is 0 Å². The van der Waals surface area contributed by atoms with E-state index in [1.165, 1.54) is 31.2 Å². The molecule has 1 N–H and O–H groups in total. The van der Waals surface area contributed by atoms with Crippen molar-refractivity contribution in [2.45, 2.75) is 57.8 Å². The Hall–Kier alpha value is -1.85. The summed E-state index contributed by atoms with van der Waals surface area (Å²) in [6, 6.07) is 10.4. The average Bonchev–Trinajstić information content (AvgIpc) is 3.34. The van der Waals surface area contributed by atoms with Crippen LogP contribution in [0.4, 0.5) is 0 Å². The molecule has 1 saturated carbocycles. The first-order chi connectivity index (χ1) is 12.7. The van der Waals surface area contributed by atoms with Crippen molar-refractivity contribution in [3.05, 3.63) is 47.3 Å². The Morgan fingerprint density at radius 3 is 2.65 bits per heavy atom. The third-order valence-electron chi connectivity index (χ3n) is 5.56. The molecule has 1 aliphatic heterocycles. The highest BCUT2D eigenvalue weighted by Gasteiger charge is 2.32. The topological polar surface area (TPSA) is 58.7 Å². The van der Waals surface area contributed by atoms with Crippen LogP contribution in [0.25, 0.3) is 0 Å². The van der Waals surface area contributed by atoms with E-state index in [4.69, 9.17) is 9.26 Å². The van der Waals surface area contributed by atoms with E-state index in [-0.39, 0.29) is 12.0 Å². The van der Waals surface area contributed by atoms with Crippen molar-refractivity contribution in [3.63, 3.8) is 0 Å². The van der Waals surface area contributed by atoms with Crippen LogP contribution in [-0.4, -0.2) is 40.5 Å². The van der Waals surface area contributed by atoms with E-state index < -0.39 is 0 Å². The highest BCUT2D eigenvalue weighted by molar-refractivity contribution is 5.27. The molecule has 5 heteroatoms. The number of rotatable bonds is 6. The molecular formula is C21H28N2O3. The quantitative estimate of drug-likeness (QED) is 0.860. The molecule has 1 aliphatic carbocycles. The summed E-state index contributed by atoms with van der Waals surface area (Å²) in [6.45, 7) is 4.36. The number of likely N-dealkylation sites (tertiary alicyclic amines) is 1. The van der Waals surface area contributed by atoms with Gasteiger partial charge in [0.1, 0.15) is 11.5 Å². The Balaban J connectivity index is 1.29. The Bertz CT molecular complexity index is 706. The number of aliphatic hydroxyl groups excluding tert-OH is 1. The Kier molecular flexibility index (Phi) is 5.27. The van der Waals surface area contributed by atoms with Gasteiger partial charge < -0.3 is 14.4 Å². The zero-order valence-corrected chi connectivity index (χ0v) is 15.4.